The average molecular weight is 369 g/mol. The fourth-order valence-electron chi connectivity index (χ4n) is 2.45. The van der Waals surface area contributed by atoms with Gasteiger partial charge < -0.3 is 14.6 Å². The Bertz CT molecular complexity index is 363. The number of rotatable bonds is 18. The molecule has 0 aromatic heterocycles. The number of hydrogen-bond acceptors (Lipinski definition) is 4. The Morgan fingerprint density at radius 2 is 1.58 bits per heavy atom. The summed E-state index contributed by atoms with van der Waals surface area (Å²) in [5.74, 6) is -0.296. The molecular formula is C22H40O4. The van der Waals surface area contributed by atoms with Crippen molar-refractivity contribution in [1.29, 1.82) is 0 Å². The van der Waals surface area contributed by atoms with E-state index in [0.717, 1.165) is 19.3 Å². The summed E-state index contributed by atoms with van der Waals surface area (Å²) in [6.45, 7) is 4.69. The van der Waals surface area contributed by atoms with E-state index in [2.05, 4.69) is 31.2 Å². The van der Waals surface area contributed by atoms with Crippen LogP contribution >= 0.6 is 0 Å². The molecule has 4 heteroatoms. The normalized spacial score (nSPS) is 12.9. The van der Waals surface area contributed by atoms with Gasteiger partial charge in [0.2, 0.25) is 0 Å². The summed E-state index contributed by atoms with van der Waals surface area (Å²) in [5.41, 5.74) is 0. The zero-order valence-electron chi connectivity index (χ0n) is 17.0. The van der Waals surface area contributed by atoms with Crippen LogP contribution in [0.5, 0.6) is 0 Å². The zero-order valence-corrected chi connectivity index (χ0v) is 17.0. The average Bonchev–Trinajstić information content (AvgIpc) is 2.66. The second-order valence-corrected chi connectivity index (χ2v) is 6.60. The van der Waals surface area contributed by atoms with Crippen molar-refractivity contribution in [3.05, 3.63) is 24.3 Å². The molecule has 0 aliphatic heterocycles. The second kappa shape index (κ2) is 20.2. The molecule has 0 spiro atoms. The molecule has 1 atom stereocenters. The van der Waals surface area contributed by atoms with Crippen LogP contribution in [0, 0.1) is 0 Å². The van der Waals surface area contributed by atoms with Gasteiger partial charge in [0.1, 0.15) is 6.10 Å². The standard InChI is InChI=1S/C22H40O4/c1-3-5-6-7-8-9-10-11-12-13-14-15-16-17-18-25-20-21(19-23)26-22(24)4-2/h6-7,9-10,21,23H,3-5,8,11-20H2,1-2H3/b7-6-,10-9-. The molecule has 0 aromatic rings. The van der Waals surface area contributed by atoms with Crippen molar-refractivity contribution in [2.24, 2.45) is 0 Å². The lowest BCUT2D eigenvalue weighted by atomic mass is 10.1. The van der Waals surface area contributed by atoms with Crippen molar-refractivity contribution in [3.8, 4) is 0 Å². The van der Waals surface area contributed by atoms with Crippen LogP contribution in [0.4, 0.5) is 0 Å². The molecule has 0 fully saturated rings. The quantitative estimate of drug-likeness (QED) is 0.201. The number of allylic oxidation sites excluding steroid dienone is 4. The van der Waals surface area contributed by atoms with Crippen molar-refractivity contribution in [2.75, 3.05) is 19.8 Å². The third-order valence-corrected chi connectivity index (χ3v) is 4.06. The minimum Gasteiger partial charge on any atom is -0.457 e. The maximum Gasteiger partial charge on any atom is 0.305 e. The van der Waals surface area contributed by atoms with Gasteiger partial charge in [0.15, 0.2) is 0 Å². The van der Waals surface area contributed by atoms with Gasteiger partial charge >= 0.3 is 5.97 Å². The van der Waals surface area contributed by atoms with E-state index in [0.29, 0.717) is 13.0 Å². The van der Waals surface area contributed by atoms with Crippen molar-refractivity contribution < 1.29 is 19.4 Å². The Morgan fingerprint density at radius 1 is 0.923 bits per heavy atom. The van der Waals surface area contributed by atoms with Crippen LogP contribution in [-0.4, -0.2) is 37.0 Å². The fraction of sp³-hybridized carbons (Fsp3) is 0.773. The molecule has 0 radical (unpaired) electrons. The van der Waals surface area contributed by atoms with E-state index in [9.17, 15) is 4.79 Å². The highest BCUT2D eigenvalue weighted by molar-refractivity contribution is 5.69. The van der Waals surface area contributed by atoms with Crippen LogP contribution in [-0.2, 0) is 14.3 Å². The summed E-state index contributed by atoms with van der Waals surface area (Å²) < 4.78 is 10.5. The Morgan fingerprint density at radius 3 is 2.23 bits per heavy atom. The lowest BCUT2D eigenvalue weighted by molar-refractivity contribution is -0.154. The Balaban J connectivity index is 3.33. The topological polar surface area (TPSA) is 55.8 Å². The Hall–Kier alpha value is -1.13. The summed E-state index contributed by atoms with van der Waals surface area (Å²) in [4.78, 5) is 11.2. The van der Waals surface area contributed by atoms with Gasteiger partial charge in [0, 0.05) is 13.0 Å². The van der Waals surface area contributed by atoms with Crippen LogP contribution in [0.2, 0.25) is 0 Å². The SMILES string of the molecule is CCC/C=C\C/C=C\CCCCCCCCOCC(CO)OC(=O)CC. The maximum atomic E-state index is 11.2. The molecule has 0 aromatic carbocycles. The molecule has 26 heavy (non-hydrogen) atoms. The van der Waals surface area contributed by atoms with Gasteiger partial charge in [0.05, 0.1) is 13.2 Å². The first kappa shape index (κ1) is 24.9. The number of carbonyl (C=O) groups excluding carboxylic acids is 1. The molecule has 1 unspecified atom stereocenters. The van der Waals surface area contributed by atoms with E-state index in [1.165, 1.54) is 44.9 Å². The summed E-state index contributed by atoms with van der Waals surface area (Å²) in [5, 5.41) is 9.13. The van der Waals surface area contributed by atoms with Crippen LogP contribution < -0.4 is 0 Å². The first-order valence-electron chi connectivity index (χ1n) is 10.4. The number of hydrogen-bond donors (Lipinski definition) is 1. The summed E-state index contributed by atoms with van der Waals surface area (Å²) in [6.07, 6.45) is 20.8. The van der Waals surface area contributed by atoms with Gasteiger partial charge in [-0.15, -0.1) is 0 Å². The summed E-state index contributed by atoms with van der Waals surface area (Å²) in [7, 11) is 0. The van der Waals surface area contributed by atoms with Gasteiger partial charge in [-0.1, -0.05) is 70.3 Å². The first-order chi connectivity index (χ1) is 12.7. The molecule has 0 aliphatic rings. The number of aliphatic hydroxyl groups excluding tert-OH is 1. The third kappa shape index (κ3) is 17.7. The monoisotopic (exact) mass is 368 g/mol. The van der Waals surface area contributed by atoms with E-state index in [4.69, 9.17) is 14.6 Å². The minimum absolute atomic E-state index is 0.185. The number of carbonyl (C=O) groups is 1. The number of aliphatic hydroxyl groups is 1. The van der Waals surface area contributed by atoms with Crippen molar-refractivity contribution >= 4 is 5.97 Å². The highest BCUT2D eigenvalue weighted by atomic mass is 16.6. The highest BCUT2D eigenvalue weighted by Gasteiger charge is 2.11. The predicted molar refractivity (Wildman–Crippen MR) is 108 cm³/mol. The molecule has 1 N–H and O–H groups in total. The lowest BCUT2D eigenvalue weighted by Gasteiger charge is -2.15. The third-order valence-electron chi connectivity index (χ3n) is 4.06. The molecule has 0 saturated carbocycles. The smallest absolute Gasteiger partial charge is 0.305 e. The predicted octanol–water partition coefficient (Wildman–Crippen LogP) is 5.35. The van der Waals surface area contributed by atoms with Gasteiger partial charge in [-0.2, -0.15) is 0 Å². The minimum atomic E-state index is -0.530. The van der Waals surface area contributed by atoms with Crippen LogP contribution in [0.3, 0.4) is 0 Å². The van der Waals surface area contributed by atoms with Gasteiger partial charge in [-0.25, -0.2) is 0 Å². The molecular weight excluding hydrogens is 328 g/mol. The first-order valence-corrected chi connectivity index (χ1v) is 10.4. The zero-order chi connectivity index (χ0) is 19.3. The summed E-state index contributed by atoms with van der Waals surface area (Å²) >= 11 is 0. The van der Waals surface area contributed by atoms with E-state index < -0.39 is 6.10 Å². The molecule has 0 bridgehead atoms. The Kier molecular flexibility index (Phi) is 19.3. The van der Waals surface area contributed by atoms with Crippen LogP contribution in [0.25, 0.3) is 0 Å². The van der Waals surface area contributed by atoms with Gasteiger partial charge in [-0.05, 0) is 32.1 Å². The number of esters is 1. The molecule has 4 nitrogen and oxygen atoms in total. The van der Waals surface area contributed by atoms with E-state index in [1.807, 2.05) is 0 Å². The van der Waals surface area contributed by atoms with Crippen LogP contribution in [0.1, 0.15) is 84.5 Å². The Labute approximate surface area is 160 Å². The van der Waals surface area contributed by atoms with Gasteiger partial charge in [-0.3, -0.25) is 4.79 Å². The molecule has 0 rings (SSSR count). The lowest BCUT2D eigenvalue weighted by Crippen LogP contribution is -2.27. The molecule has 0 aliphatic carbocycles. The van der Waals surface area contributed by atoms with E-state index >= 15 is 0 Å². The fourth-order valence-corrected chi connectivity index (χ4v) is 2.45. The number of unbranched alkanes of at least 4 members (excludes halogenated alkanes) is 7. The van der Waals surface area contributed by atoms with E-state index in [-0.39, 0.29) is 19.2 Å². The van der Waals surface area contributed by atoms with Gasteiger partial charge in [0.25, 0.3) is 0 Å². The van der Waals surface area contributed by atoms with Crippen molar-refractivity contribution in [2.45, 2.75) is 90.6 Å². The molecule has 0 amide bonds. The van der Waals surface area contributed by atoms with E-state index in [1.54, 1.807) is 6.92 Å². The summed E-state index contributed by atoms with van der Waals surface area (Å²) in [6, 6.07) is 0. The maximum absolute atomic E-state index is 11.2. The van der Waals surface area contributed by atoms with Crippen LogP contribution in [0.15, 0.2) is 24.3 Å². The number of ether oxygens (including phenoxy) is 2. The second-order valence-electron chi connectivity index (χ2n) is 6.60. The highest BCUT2D eigenvalue weighted by Crippen LogP contribution is 2.08. The largest absolute Gasteiger partial charge is 0.457 e. The molecule has 0 heterocycles. The molecule has 152 valence electrons. The molecule has 0 saturated heterocycles. The van der Waals surface area contributed by atoms with Crippen molar-refractivity contribution in [3.63, 3.8) is 0 Å². The van der Waals surface area contributed by atoms with Crippen molar-refractivity contribution in [1.82, 2.24) is 0 Å².